The van der Waals surface area contributed by atoms with Gasteiger partial charge in [-0.1, -0.05) is 24.6 Å². The van der Waals surface area contributed by atoms with E-state index in [1.165, 1.54) is 11.3 Å². The van der Waals surface area contributed by atoms with E-state index >= 15 is 0 Å². The third-order valence-corrected chi connectivity index (χ3v) is 6.20. The molecule has 0 saturated carbocycles. The number of rotatable bonds is 8. The number of aromatic nitrogens is 1. The second-order valence-electron chi connectivity index (χ2n) is 6.14. The highest BCUT2D eigenvalue weighted by Gasteiger charge is 2.22. The van der Waals surface area contributed by atoms with E-state index in [4.69, 9.17) is 16.3 Å². The zero-order valence-electron chi connectivity index (χ0n) is 15.2. The second kappa shape index (κ2) is 9.35. The maximum absolute atomic E-state index is 12.8. The largest absolute Gasteiger partial charge is 0.486 e. The van der Waals surface area contributed by atoms with Crippen molar-refractivity contribution < 1.29 is 9.53 Å². The lowest BCUT2D eigenvalue weighted by Crippen LogP contribution is -2.37. The Morgan fingerprint density at radius 3 is 2.70 bits per heavy atom. The van der Waals surface area contributed by atoms with Crippen LogP contribution in [0.25, 0.3) is 0 Å². The van der Waals surface area contributed by atoms with Crippen LogP contribution in [0.3, 0.4) is 0 Å². The van der Waals surface area contributed by atoms with E-state index in [1.54, 1.807) is 23.5 Å². The number of carbonyl (C=O) groups is 1. The van der Waals surface area contributed by atoms with Gasteiger partial charge in [-0.05, 0) is 49.1 Å². The van der Waals surface area contributed by atoms with Crippen molar-refractivity contribution in [3.63, 3.8) is 0 Å². The molecule has 0 bridgehead atoms. The van der Waals surface area contributed by atoms with Crippen LogP contribution >= 0.6 is 34.3 Å². The number of hydrogen-bond acceptors (Lipinski definition) is 5. The molecule has 0 spiro atoms. The molecule has 3 aromatic rings. The van der Waals surface area contributed by atoms with Crippen LogP contribution in [0.4, 0.5) is 0 Å². The molecule has 0 radical (unpaired) electrons. The van der Waals surface area contributed by atoms with Crippen LogP contribution in [-0.2, 0) is 13.2 Å². The van der Waals surface area contributed by atoms with Crippen LogP contribution in [0.5, 0.6) is 5.75 Å². The molecule has 0 fully saturated rings. The van der Waals surface area contributed by atoms with Crippen molar-refractivity contribution in [1.82, 2.24) is 9.88 Å². The van der Waals surface area contributed by atoms with Crippen molar-refractivity contribution in [2.24, 2.45) is 0 Å². The number of halogens is 1. The summed E-state index contributed by atoms with van der Waals surface area (Å²) in [6.45, 7) is 5.06. The molecule has 4 nitrogen and oxygen atoms in total. The van der Waals surface area contributed by atoms with Crippen LogP contribution in [-0.4, -0.2) is 21.8 Å². The van der Waals surface area contributed by atoms with Gasteiger partial charge in [0.15, 0.2) is 0 Å². The number of ether oxygens (including phenoxy) is 1. The van der Waals surface area contributed by atoms with Crippen LogP contribution in [0.15, 0.2) is 47.2 Å². The summed E-state index contributed by atoms with van der Waals surface area (Å²) in [4.78, 5) is 20.1. The first-order valence-electron chi connectivity index (χ1n) is 8.73. The molecular weight excluding hydrogens is 400 g/mol. The summed E-state index contributed by atoms with van der Waals surface area (Å²) in [7, 11) is 0. The summed E-state index contributed by atoms with van der Waals surface area (Å²) in [5, 5.41) is 5.49. The molecule has 7 heteroatoms. The van der Waals surface area contributed by atoms with Crippen molar-refractivity contribution in [3.05, 3.63) is 67.8 Å². The van der Waals surface area contributed by atoms with Gasteiger partial charge in [-0.2, -0.15) is 0 Å². The Balaban J connectivity index is 1.64. The van der Waals surface area contributed by atoms with Gasteiger partial charge in [0, 0.05) is 16.4 Å². The number of nitrogens with zero attached hydrogens (tertiary/aromatic N) is 2. The minimum absolute atomic E-state index is 0.0614. The van der Waals surface area contributed by atoms with Crippen molar-refractivity contribution in [2.75, 3.05) is 0 Å². The Kier molecular flexibility index (Phi) is 6.88. The molecule has 0 aliphatic rings. The van der Waals surface area contributed by atoms with E-state index < -0.39 is 0 Å². The van der Waals surface area contributed by atoms with E-state index in [9.17, 15) is 4.79 Å². The van der Waals surface area contributed by atoms with Gasteiger partial charge in [0.05, 0.1) is 17.1 Å². The highest BCUT2D eigenvalue weighted by molar-refractivity contribution is 7.12. The highest BCUT2D eigenvalue weighted by atomic mass is 35.5. The zero-order valence-corrected chi connectivity index (χ0v) is 17.6. The van der Waals surface area contributed by atoms with E-state index in [2.05, 4.69) is 18.8 Å². The molecular formula is C20H21ClN2O2S2. The van der Waals surface area contributed by atoms with E-state index in [0.29, 0.717) is 18.2 Å². The van der Waals surface area contributed by atoms with Crippen molar-refractivity contribution in [2.45, 2.75) is 39.5 Å². The summed E-state index contributed by atoms with van der Waals surface area (Å²) >= 11 is 8.90. The van der Waals surface area contributed by atoms with Crippen LogP contribution < -0.4 is 4.74 Å². The number of thiazole rings is 1. The lowest BCUT2D eigenvalue weighted by atomic mass is 10.2. The molecule has 0 saturated heterocycles. The van der Waals surface area contributed by atoms with Gasteiger partial charge >= 0.3 is 0 Å². The standard InChI is InChI=1S/C20H21ClN2O2S2/c1-3-14(2)23(20(24)18-5-4-10-26-18)11-16-13-27-19(22-16)12-25-17-8-6-15(21)7-9-17/h4-10,13-14H,3,11-12H2,1-2H3. The first kappa shape index (κ1) is 19.9. The fraction of sp³-hybridized carbons (Fsp3) is 0.300. The van der Waals surface area contributed by atoms with Crippen molar-refractivity contribution in [3.8, 4) is 5.75 Å². The fourth-order valence-electron chi connectivity index (χ4n) is 2.53. The van der Waals surface area contributed by atoms with E-state index in [-0.39, 0.29) is 11.9 Å². The normalized spacial score (nSPS) is 12.0. The molecule has 1 aromatic carbocycles. The van der Waals surface area contributed by atoms with Crippen molar-refractivity contribution in [1.29, 1.82) is 0 Å². The quantitative estimate of drug-likeness (QED) is 0.457. The average Bonchev–Trinajstić information content (AvgIpc) is 3.36. The third-order valence-electron chi connectivity index (χ3n) is 4.22. The Bertz CT molecular complexity index is 863. The lowest BCUT2D eigenvalue weighted by Gasteiger charge is -2.27. The number of thiophene rings is 1. The zero-order chi connectivity index (χ0) is 19.2. The van der Waals surface area contributed by atoms with Gasteiger partial charge in [-0.15, -0.1) is 22.7 Å². The highest BCUT2D eigenvalue weighted by Crippen LogP contribution is 2.21. The van der Waals surface area contributed by atoms with Gasteiger partial charge in [0.2, 0.25) is 0 Å². The summed E-state index contributed by atoms with van der Waals surface area (Å²) in [5.74, 6) is 0.816. The molecule has 0 aliphatic heterocycles. The Hall–Kier alpha value is -1.89. The summed E-state index contributed by atoms with van der Waals surface area (Å²) in [6.07, 6.45) is 0.897. The second-order valence-corrected chi connectivity index (χ2v) is 8.47. The summed E-state index contributed by atoms with van der Waals surface area (Å²) in [6, 6.07) is 11.2. The molecule has 1 amide bonds. The summed E-state index contributed by atoms with van der Waals surface area (Å²) < 4.78 is 5.75. The van der Waals surface area contributed by atoms with Crippen molar-refractivity contribution >= 4 is 40.2 Å². The number of benzene rings is 1. The monoisotopic (exact) mass is 420 g/mol. The fourth-order valence-corrected chi connectivity index (χ4v) is 4.03. The molecule has 2 heterocycles. The first-order chi connectivity index (χ1) is 13.1. The minimum Gasteiger partial charge on any atom is -0.486 e. The van der Waals surface area contributed by atoms with Gasteiger partial charge < -0.3 is 9.64 Å². The van der Waals surface area contributed by atoms with Gasteiger partial charge in [-0.3, -0.25) is 4.79 Å². The van der Waals surface area contributed by atoms with Gasteiger partial charge in [0.25, 0.3) is 5.91 Å². The van der Waals surface area contributed by atoms with Gasteiger partial charge in [-0.25, -0.2) is 4.98 Å². The molecule has 1 unspecified atom stereocenters. The minimum atomic E-state index is 0.0614. The predicted octanol–water partition coefficient (Wildman–Crippen LogP) is 5.88. The van der Waals surface area contributed by atoms with Crippen LogP contribution in [0.2, 0.25) is 5.02 Å². The first-order valence-corrected chi connectivity index (χ1v) is 10.9. The van der Waals surface area contributed by atoms with Gasteiger partial charge in [0.1, 0.15) is 17.4 Å². The summed E-state index contributed by atoms with van der Waals surface area (Å²) in [5.41, 5.74) is 0.889. The topological polar surface area (TPSA) is 42.4 Å². The lowest BCUT2D eigenvalue weighted by molar-refractivity contribution is 0.0674. The smallest absolute Gasteiger partial charge is 0.264 e. The van der Waals surface area contributed by atoms with E-state index in [0.717, 1.165) is 27.7 Å². The SMILES string of the molecule is CCC(C)N(Cc1csc(COc2ccc(Cl)cc2)n1)C(=O)c1cccs1. The molecule has 2 aromatic heterocycles. The number of amides is 1. The van der Waals surface area contributed by atoms with Crippen LogP contribution in [0.1, 0.15) is 40.6 Å². The Morgan fingerprint density at radius 2 is 2.04 bits per heavy atom. The third kappa shape index (κ3) is 5.31. The molecule has 27 heavy (non-hydrogen) atoms. The average molecular weight is 421 g/mol. The number of carbonyl (C=O) groups excluding carboxylic acids is 1. The van der Waals surface area contributed by atoms with Crippen LogP contribution in [0, 0.1) is 0 Å². The maximum atomic E-state index is 12.8. The molecule has 142 valence electrons. The maximum Gasteiger partial charge on any atom is 0.264 e. The van der Waals surface area contributed by atoms with E-state index in [1.807, 2.05) is 39.9 Å². The molecule has 0 aliphatic carbocycles. The Labute approximate surface area is 172 Å². The number of hydrogen-bond donors (Lipinski definition) is 0. The molecule has 3 rings (SSSR count). The molecule has 0 N–H and O–H groups in total. The predicted molar refractivity (Wildman–Crippen MR) is 112 cm³/mol. The molecule has 1 atom stereocenters. The Morgan fingerprint density at radius 1 is 1.26 bits per heavy atom.